The molecule has 0 spiro atoms. The van der Waals surface area contributed by atoms with Crippen molar-refractivity contribution in [1.82, 2.24) is 29.6 Å². The lowest BCUT2D eigenvalue weighted by molar-refractivity contribution is 0.109. The third-order valence-electron chi connectivity index (χ3n) is 6.11. The molecule has 3 aromatic heterocycles. The SMILES string of the molecule is COc1nc2c(cc1Nc1ncc3cnn(C4CCC(O)CC4)c3n1)CN(C)CC2. The molecule has 0 aromatic carbocycles. The summed E-state index contributed by atoms with van der Waals surface area (Å²) in [6.45, 7) is 1.86. The van der Waals surface area contributed by atoms with Gasteiger partial charge in [0.1, 0.15) is 5.69 Å². The second kappa shape index (κ2) is 7.81. The van der Waals surface area contributed by atoms with E-state index in [1.54, 1.807) is 19.5 Å². The average Bonchev–Trinajstić information content (AvgIpc) is 3.17. The van der Waals surface area contributed by atoms with Crippen LogP contribution in [0.5, 0.6) is 5.88 Å². The van der Waals surface area contributed by atoms with Gasteiger partial charge in [0.15, 0.2) is 5.65 Å². The van der Waals surface area contributed by atoms with Crippen molar-refractivity contribution in [1.29, 1.82) is 0 Å². The molecule has 30 heavy (non-hydrogen) atoms. The summed E-state index contributed by atoms with van der Waals surface area (Å²) in [5, 5.41) is 18.6. The minimum absolute atomic E-state index is 0.196. The molecule has 0 radical (unpaired) electrons. The van der Waals surface area contributed by atoms with Crippen LogP contribution in [0.1, 0.15) is 43.0 Å². The Hall–Kier alpha value is -2.78. The van der Waals surface area contributed by atoms with Crippen molar-refractivity contribution < 1.29 is 9.84 Å². The minimum Gasteiger partial charge on any atom is -0.480 e. The van der Waals surface area contributed by atoms with Crippen molar-refractivity contribution in [2.24, 2.45) is 0 Å². The van der Waals surface area contributed by atoms with E-state index in [-0.39, 0.29) is 12.1 Å². The molecular weight excluding hydrogens is 382 g/mol. The molecule has 3 aromatic rings. The van der Waals surface area contributed by atoms with Crippen LogP contribution in [0.25, 0.3) is 11.0 Å². The number of nitrogens with one attached hydrogen (secondary N) is 1. The van der Waals surface area contributed by atoms with Crippen LogP contribution >= 0.6 is 0 Å². The zero-order valence-corrected chi connectivity index (χ0v) is 17.4. The van der Waals surface area contributed by atoms with Gasteiger partial charge in [0, 0.05) is 25.7 Å². The van der Waals surface area contributed by atoms with Crippen molar-refractivity contribution in [2.45, 2.75) is 50.8 Å². The predicted octanol–water partition coefficient (Wildman–Crippen LogP) is 2.44. The first-order chi connectivity index (χ1) is 14.6. The van der Waals surface area contributed by atoms with Gasteiger partial charge in [-0.15, -0.1) is 0 Å². The molecule has 0 saturated heterocycles. The number of hydrogen-bond acceptors (Lipinski definition) is 8. The summed E-state index contributed by atoms with van der Waals surface area (Å²) in [4.78, 5) is 16.2. The summed E-state index contributed by atoms with van der Waals surface area (Å²) < 4.78 is 7.51. The highest BCUT2D eigenvalue weighted by Gasteiger charge is 2.24. The average molecular weight is 409 g/mol. The molecule has 1 fully saturated rings. The second-order valence-electron chi connectivity index (χ2n) is 8.29. The highest BCUT2D eigenvalue weighted by Crippen LogP contribution is 2.32. The van der Waals surface area contributed by atoms with Crippen molar-refractivity contribution in [3.63, 3.8) is 0 Å². The maximum absolute atomic E-state index is 9.81. The number of methoxy groups -OCH3 is 1. The van der Waals surface area contributed by atoms with Crippen LogP contribution in [0.2, 0.25) is 0 Å². The van der Waals surface area contributed by atoms with E-state index >= 15 is 0 Å². The molecule has 5 rings (SSSR count). The molecule has 2 aliphatic rings. The van der Waals surface area contributed by atoms with E-state index in [4.69, 9.17) is 14.7 Å². The number of aliphatic hydroxyl groups is 1. The number of ether oxygens (including phenoxy) is 1. The highest BCUT2D eigenvalue weighted by atomic mass is 16.5. The van der Waals surface area contributed by atoms with Crippen LogP contribution in [0.4, 0.5) is 11.6 Å². The lowest BCUT2D eigenvalue weighted by Gasteiger charge is -2.26. The van der Waals surface area contributed by atoms with Crippen LogP contribution in [0, 0.1) is 0 Å². The van der Waals surface area contributed by atoms with Gasteiger partial charge in [-0.25, -0.2) is 14.6 Å². The standard InChI is InChI=1S/C21H27N7O2/c1-27-8-7-17-13(12-27)9-18(20(24-17)30-2)25-21-22-10-14-11-23-28(19(14)26-21)15-3-5-16(29)6-4-15/h9-11,15-16,29H,3-8,12H2,1-2H3,(H,22,25,26). The Morgan fingerprint density at radius 1 is 1.17 bits per heavy atom. The Balaban J connectivity index is 1.46. The molecule has 2 N–H and O–H groups in total. The number of hydrogen-bond donors (Lipinski definition) is 2. The van der Waals surface area contributed by atoms with Gasteiger partial charge in [0.05, 0.1) is 36.5 Å². The largest absolute Gasteiger partial charge is 0.480 e. The fraction of sp³-hybridized carbons (Fsp3) is 0.524. The summed E-state index contributed by atoms with van der Waals surface area (Å²) in [5.74, 6) is 1.04. The molecule has 1 aliphatic heterocycles. The van der Waals surface area contributed by atoms with Crippen LogP contribution in [0.15, 0.2) is 18.5 Å². The first-order valence-electron chi connectivity index (χ1n) is 10.5. The zero-order valence-electron chi connectivity index (χ0n) is 17.4. The number of nitrogens with zero attached hydrogens (tertiary/aromatic N) is 6. The number of aliphatic hydroxyl groups excluding tert-OH is 1. The third kappa shape index (κ3) is 3.59. The molecule has 0 unspecified atom stereocenters. The topological polar surface area (TPSA) is 101 Å². The zero-order chi connectivity index (χ0) is 20.7. The summed E-state index contributed by atoms with van der Waals surface area (Å²) in [5.41, 5.74) is 3.85. The van der Waals surface area contributed by atoms with Crippen LogP contribution in [-0.4, -0.2) is 61.5 Å². The second-order valence-corrected chi connectivity index (χ2v) is 8.29. The summed E-state index contributed by atoms with van der Waals surface area (Å²) in [6, 6.07) is 2.34. The fourth-order valence-corrected chi connectivity index (χ4v) is 4.43. The van der Waals surface area contributed by atoms with Crippen molar-refractivity contribution in [2.75, 3.05) is 26.0 Å². The Morgan fingerprint density at radius 2 is 2.00 bits per heavy atom. The van der Waals surface area contributed by atoms with Gasteiger partial charge < -0.3 is 20.1 Å². The summed E-state index contributed by atoms with van der Waals surface area (Å²) in [6.07, 6.45) is 7.72. The number of aromatic nitrogens is 5. The molecule has 4 heterocycles. The Labute approximate surface area is 175 Å². The van der Waals surface area contributed by atoms with Crippen LogP contribution in [0.3, 0.4) is 0 Å². The first kappa shape index (κ1) is 19.2. The van der Waals surface area contributed by atoms with Gasteiger partial charge in [0.2, 0.25) is 11.8 Å². The third-order valence-corrected chi connectivity index (χ3v) is 6.11. The lowest BCUT2D eigenvalue weighted by atomic mass is 9.93. The van der Waals surface area contributed by atoms with Gasteiger partial charge in [-0.05, 0) is 44.4 Å². The highest BCUT2D eigenvalue weighted by molar-refractivity contribution is 5.75. The molecule has 0 bridgehead atoms. The minimum atomic E-state index is -0.196. The van der Waals surface area contributed by atoms with E-state index in [1.807, 2.05) is 4.68 Å². The number of fused-ring (bicyclic) bond motifs is 2. The van der Waals surface area contributed by atoms with Crippen molar-refractivity contribution >= 4 is 22.7 Å². The van der Waals surface area contributed by atoms with Gasteiger partial charge in [-0.1, -0.05) is 0 Å². The Morgan fingerprint density at radius 3 is 2.80 bits per heavy atom. The van der Waals surface area contributed by atoms with E-state index in [2.05, 4.69) is 33.4 Å². The van der Waals surface area contributed by atoms with Gasteiger partial charge in [0.25, 0.3) is 0 Å². The summed E-state index contributed by atoms with van der Waals surface area (Å²) in [7, 11) is 3.74. The first-order valence-corrected chi connectivity index (χ1v) is 10.5. The van der Waals surface area contributed by atoms with Crippen molar-refractivity contribution in [3.05, 3.63) is 29.7 Å². The normalized spacial score (nSPS) is 22.1. The number of anilines is 2. The number of rotatable bonds is 4. The van der Waals surface area contributed by atoms with Gasteiger partial charge >= 0.3 is 0 Å². The fourth-order valence-electron chi connectivity index (χ4n) is 4.43. The molecule has 158 valence electrons. The van der Waals surface area contributed by atoms with Gasteiger partial charge in [-0.3, -0.25) is 0 Å². The molecule has 0 amide bonds. The predicted molar refractivity (Wildman–Crippen MR) is 113 cm³/mol. The lowest BCUT2D eigenvalue weighted by Crippen LogP contribution is -2.27. The quantitative estimate of drug-likeness (QED) is 0.678. The number of pyridine rings is 1. The molecule has 1 saturated carbocycles. The van der Waals surface area contributed by atoms with E-state index < -0.39 is 0 Å². The van der Waals surface area contributed by atoms with Crippen LogP contribution in [-0.2, 0) is 13.0 Å². The maximum atomic E-state index is 9.81. The molecule has 1 aliphatic carbocycles. The van der Waals surface area contributed by atoms with Gasteiger partial charge in [-0.2, -0.15) is 10.1 Å². The number of likely N-dealkylation sites (N-methyl/N-ethyl adjacent to an activating group) is 1. The van der Waals surface area contributed by atoms with Crippen LogP contribution < -0.4 is 10.1 Å². The van der Waals surface area contributed by atoms with Crippen molar-refractivity contribution in [3.8, 4) is 5.88 Å². The molecule has 0 atom stereocenters. The monoisotopic (exact) mass is 409 g/mol. The smallest absolute Gasteiger partial charge is 0.237 e. The van der Waals surface area contributed by atoms with E-state index in [1.165, 1.54) is 5.56 Å². The van der Waals surface area contributed by atoms with E-state index in [0.29, 0.717) is 11.8 Å². The van der Waals surface area contributed by atoms with E-state index in [9.17, 15) is 5.11 Å². The summed E-state index contributed by atoms with van der Waals surface area (Å²) >= 11 is 0. The molecular formula is C21H27N7O2. The Kier molecular flexibility index (Phi) is 5.00. The molecule has 9 nitrogen and oxygen atoms in total. The van der Waals surface area contributed by atoms with E-state index in [0.717, 1.165) is 67.6 Å². The molecule has 9 heteroatoms. The Bertz CT molecular complexity index is 1060. The maximum Gasteiger partial charge on any atom is 0.237 e.